The van der Waals surface area contributed by atoms with Crippen molar-refractivity contribution in [1.82, 2.24) is 10.1 Å². The summed E-state index contributed by atoms with van der Waals surface area (Å²) in [5.74, 6) is 1.47. The molecule has 0 bridgehead atoms. The molecule has 0 atom stereocenters. The number of halogens is 1. The van der Waals surface area contributed by atoms with Gasteiger partial charge in [-0.2, -0.15) is 4.98 Å². The molecular formula is C22H17FN2O2. The molecule has 1 aromatic heterocycles. The number of ether oxygens (including phenoxy) is 1. The van der Waals surface area contributed by atoms with E-state index in [0.29, 0.717) is 24.1 Å². The van der Waals surface area contributed by atoms with Crippen LogP contribution < -0.4 is 4.74 Å². The first-order valence-corrected chi connectivity index (χ1v) is 8.56. The lowest BCUT2D eigenvalue weighted by Crippen LogP contribution is -1.95. The van der Waals surface area contributed by atoms with Crippen molar-refractivity contribution >= 4 is 0 Å². The number of benzene rings is 3. The summed E-state index contributed by atoms with van der Waals surface area (Å²) in [6.45, 7) is 2.39. The fourth-order valence-electron chi connectivity index (χ4n) is 2.68. The number of hydrogen-bond acceptors (Lipinski definition) is 4. The summed E-state index contributed by atoms with van der Waals surface area (Å²) in [6.07, 6.45) is 0. The average Bonchev–Trinajstić information content (AvgIpc) is 3.18. The predicted molar refractivity (Wildman–Crippen MR) is 101 cm³/mol. The van der Waals surface area contributed by atoms with Gasteiger partial charge in [0.2, 0.25) is 5.82 Å². The Balaban J connectivity index is 1.45. The molecule has 27 heavy (non-hydrogen) atoms. The van der Waals surface area contributed by atoms with Gasteiger partial charge in [0, 0.05) is 11.1 Å². The van der Waals surface area contributed by atoms with E-state index in [1.807, 2.05) is 55.5 Å². The van der Waals surface area contributed by atoms with E-state index in [0.717, 1.165) is 22.3 Å². The lowest BCUT2D eigenvalue weighted by Gasteiger charge is -2.06. The lowest BCUT2D eigenvalue weighted by molar-refractivity contribution is 0.306. The zero-order chi connectivity index (χ0) is 18.6. The van der Waals surface area contributed by atoms with E-state index in [1.54, 1.807) is 12.1 Å². The molecule has 0 radical (unpaired) electrons. The van der Waals surface area contributed by atoms with Crippen molar-refractivity contribution in [2.24, 2.45) is 0 Å². The van der Waals surface area contributed by atoms with Crippen molar-refractivity contribution in [3.05, 3.63) is 89.7 Å². The maximum atomic E-state index is 12.9. The molecule has 4 nitrogen and oxygen atoms in total. The summed E-state index contributed by atoms with van der Waals surface area (Å²) in [4.78, 5) is 4.47. The number of hydrogen-bond donors (Lipinski definition) is 0. The third kappa shape index (κ3) is 4.03. The fourth-order valence-corrected chi connectivity index (χ4v) is 2.68. The second kappa shape index (κ2) is 7.41. The van der Waals surface area contributed by atoms with Crippen LogP contribution in [0.25, 0.3) is 22.8 Å². The van der Waals surface area contributed by atoms with E-state index < -0.39 is 0 Å². The molecule has 0 spiro atoms. The minimum absolute atomic E-state index is 0.256. The first-order valence-electron chi connectivity index (χ1n) is 8.56. The smallest absolute Gasteiger partial charge is 0.258 e. The lowest BCUT2D eigenvalue weighted by atomic mass is 10.1. The molecule has 134 valence electrons. The van der Waals surface area contributed by atoms with Crippen LogP contribution in [0, 0.1) is 12.7 Å². The SMILES string of the molecule is Cc1cccc(-c2nc(-c3ccc(OCc4ccc(F)cc4)cc3)no2)c1. The van der Waals surface area contributed by atoms with Crippen molar-refractivity contribution in [2.45, 2.75) is 13.5 Å². The van der Waals surface area contributed by atoms with Gasteiger partial charge in [-0.05, 0) is 61.0 Å². The first-order chi connectivity index (χ1) is 13.2. The van der Waals surface area contributed by atoms with Gasteiger partial charge in [-0.25, -0.2) is 4.39 Å². The summed E-state index contributed by atoms with van der Waals surface area (Å²) >= 11 is 0. The molecular weight excluding hydrogens is 343 g/mol. The van der Waals surface area contributed by atoms with Gasteiger partial charge in [-0.1, -0.05) is 35.0 Å². The second-order valence-electron chi connectivity index (χ2n) is 6.23. The summed E-state index contributed by atoms with van der Waals surface area (Å²) in [5.41, 5.74) is 3.77. The van der Waals surface area contributed by atoms with Crippen LogP contribution in [-0.2, 0) is 6.61 Å². The van der Waals surface area contributed by atoms with Crippen LogP contribution in [0.1, 0.15) is 11.1 Å². The number of aryl methyl sites for hydroxylation is 1. The van der Waals surface area contributed by atoms with Gasteiger partial charge < -0.3 is 9.26 Å². The van der Waals surface area contributed by atoms with Crippen molar-refractivity contribution in [3.63, 3.8) is 0 Å². The topological polar surface area (TPSA) is 48.2 Å². The van der Waals surface area contributed by atoms with Crippen LogP contribution in [-0.4, -0.2) is 10.1 Å². The van der Waals surface area contributed by atoms with E-state index in [2.05, 4.69) is 10.1 Å². The van der Waals surface area contributed by atoms with Crippen molar-refractivity contribution in [2.75, 3.05) is 0 Å². The third-order valence-electron chi connectivity index (χ3n) is 4.12. The highest BCUT2D eigenvalue weighted by molar-refractivity contribution is 5.60. The van der Waals surface area contributed by atoms with Crippen molar-refractivity contribution < 1.29 is 13.7 Å². The molecule has 1 heterocycles. The van der Waals surface area contributed by atoms with Crippen LogP contribution in [0.15, 0.2) is 77.3 Å². The summed E-state index contributed by atoms with van der Waals surface area (Å²) < 4.78 is 24.0. The van der Waals surface area contributed by atoms with Gasteiger partial charge in [0.25, 0.3) is 5.89 Å². The molecule has 4 aromatic rings. The van der Waals surface area contributed by atoms with E-state index >= 15 is 0 Å². The molecule has 5 heteroatoms. The Morgan fingerprint density at radius 2 is 1.70 bits per heavy atom. The number of aromatic nitrogens is 2. The quantitative estimate of drug-likeness (QED) is 0.476. The molecule has 0 aliphatic rings. The molecule has 0 fully saturated rings. The Morgan fingerprint density at radius 3 is 2.44 bits per heavy atom. The maximum Gasteiger partial charge on any atom is 0.258 e. The largest absolute Gasteiger partial charge is 0.489 e. The van der Waals surface area contributed by atoms with Gasteiger partial charge in [0.1, 0.15) is 18.2 Å². The molecule has 0 saturated heterocycles. The van der Waals surface area contributed by atoms with Crippen molar-refractivity contribution in [3.8, 4) is 28.6 Å². The second-order valence-corrected chi connectivity index (χ2v) is 6.23. The molecule has 0 saturated carbocycles. The predicted octanol–water partition coefficient (Wildman–Crippen LogP) is 5.43. The third-order valence-corrected chi connectivity index (χ3v) is 4.12. The standard InChI is InChI=1S/C22H17FN2O2/c1-15-3-2-4-18(13-15)22-24-21(25-27-22)17-7-11-20(12-8-17)26-14-16-5-9-19(23)10-6-16/h2-13H,14H2,1H3. The van der Waals surface area contributed by atoms with Crippen LogP contribution in [0.2, 0.25) is 0 Å². The van der Waals surface area contributed by atoms with Gasteiger partial charge in [-0.3, -0.25) is 0 Å². The fraction of sp³-hybridized carbons (Fsp3) is 0.0909. The molecule has 0 aliphatic heterocycles. The Morgan fingerprint density at radius 1 is 0.926 bits per heavy atom. The highest BCUT2D eigenvalue weighted by Gasteiger charge is 2.11. The highest BCUT2D eigenvalue weighted by Crippen LogP contribution is 2.24. The zero-order valence-electron chi connectivity index (χ0n) is 14.7. The maximum absolute atomic E-state index is 12.9. The van der Waals surface area contributed by atoms with Gasteiger partial charge in [0.15, 0.2) is 0 Å². The Kier molecular flexibility index (Phi) is 4.66. The van der Waals surface area contributed by atoms with E-state index in [4.69, 9.17) is 9.26 Å². The molecule has 0 N–H and O–H groups in total. The monoisotopic (exact) mass is 360 g/mol. The number of rotatable bonds is 5. The zero-order valence-corrected chi connectivity index (χ0v) is 14.7. The highest BCUT2D eigenvalue weighted by atomic mass is 19.1. The van der Waals surface area contributed by atoms with Crippen molar-refractivity contribution in [1.29, 1.82) is 0 Å². The average molecular weight is 360 g/mol. The minimum atomic E-state index is -0.256. The minimum Gasteiger partial charge on any atom is -0.489 e. The Hall–Kier alpha value is -3.47. The van der Waals surface area contributed by atoms with Crippen LogP contribution in [0.3, 0.4) is 0 Å². The molecule has 3 aromatic carbocycles. The molecule has 0 aliphatic carbocycles. The van der Waals surface area contributed by atoms with E-state index in [1.165, 1.54) is 12.1 Å². The number of nitrogens with zero attached hydrogens (tertiary/aromatic N) is 2. The van der Waals surface area contributed by atoms with Gasteiger partial charge in [0.05, 0.1) is 0 Å². The molecule has 0 amide bonds. The Labute approximate surface area is 156 Å². The van der Waals surface area contributed by atoms with Gasteiger partial charge in [-0.15, -0.1) is 0 Å². The van der Waals surface area contributed by atoms with Crippen LogP contribution >= 0.6 is 0 Å². The van der Waals surface area contributed by atoms with E-state index in [9.17, 15) is 4.39 Å². The first kappa shape index (κ1) is 17.0. The van der Waals surface area contributed by atoms with Gasteiger partial charge >= 0.3 is 0 Å². The van der Waals surface area contributed by atoms with Crippen LogP contribution in [0.4, 0.5) is 4.39 Å². The van der Waals surface area contributed by atoms with E-state index in [-0.39, 0.29) is 5.82 Å². The molecule has 4 rings (SSSR count). The normalized spacial score (nSPS) is 10.7. The summed E-state index contributed by atoms with van der Waals surface area (Å²) in [6, 6.07) is 21.6. The summed E-state index contributed by atoms with van der Waals surface area (Å²) in [5, 5.41) is 4.06. The molecule has 0 unspecified atom stereocenters. The Bertz CT molecular complexity index is 1040. The summed E-state index contributed by atoms with van der Waals surface area (Å²) in [7, 11) is 0. The van der Waals surface area contributed by atoms with Crippen LogP contribution in [0.5, 0.6) is 5.75 Å².